The fourth-order valence-electron chi connectivity index (χ4n) is 3.02. The van der Waals surface area contributed by atoms with Gasteiger partial charge in [0.05, 0.1) is 24.6 Å². The first kappa shape index (κ1) is 17.2. The molecule has 0 saturated heterocycles. The first-order valence-corrected chi connectivity index (χ1v) is 9.63. The third-order valence-electron chi connectivity index (χ3n) is 4.39. The molecule has 4 rings (SSSR count). The third-order valence-corrected chi connectivity index (χ3v) is 6.10. The SMILES string of the molecule is COc1cc2ncnc(S(=O)(=O)c3ccc4ccccc4c3)c2cc1OC. The van der Waals surface area contributed by atoms with E-state index in [0.29, 0.717) is 22.4 Å². The third kappa shape index (κ3) is 2.86. The van der Waals surface area contributed by atoms with Crippen LogP contribution >= 0.6 is 0 Å². The molecule has 0 bridgehead atoms. The molecule has 0 unspecified atom stereocenters. The number of methoxy groups -OCH3 is 2. The summed E-state index contributed by atoms with van der Waals surface area (Å²) in [4.78, 5) is 8.42. The van der Waals surface area contributed by atoms with E-state index in [4.69, 9.17) is 9.47 Å². The monoisotopic (exact) mass is 380 g/mol. The van der Waals surface area contributed by atoms with Crippen LogP contribution in [-0.4, -0.2) is 32.6 Å². The molecule has 3 aromatic carbocycles. The minimum Gasteiger partial charge on any atom is -0.493 e. The van der Waals surface area contributed by atoms with Crippen LogP contribution in [0.4, 0.5) is 0 Å². The van der Waals surface area contributed by atoms with E-state index >= 15 is 0 Å². The molecule has 0 amide bonds. The van der Waals surface area contributed by atoms with Crippen molar-refractivity contribution in [1.82, 2.24) is 9.97 Å². The number of sulfone groups is 1. The van der Waals surface area contributed by atoms with Crippen molar-refractivity contribution in [2.24, 2.45) is 0 Å². The maximum atomic E-state index is 13.3. The molecule has 27 heavy (non-hydrogen) atoms. The standard InChI is InChI=1S/C20H16N2O4S/c1-25-18-10-16-17(11-19(18)26-2)21-12-22-20(16)27(23,24)15-8-7-13-5-3-4-6-14(13)9-15/h3-12H,1-2H3. The van der Waals surface area contributed by atoms with E-state index in [-0.39, 0.29) is 9.92 Å². The zero-order valence-corrected chi connectivity index (χ0v) is 15.5. The predicted octanol–water partition coefficient (Wildman–Crippen LogP) is 3.63. The van der Waals surface area contributed by atoms with Crippen LogP contribution in [0.1, 0.15) is 0 Å². The summed E-state index contributed by atoms with van der Waals surface area (Å²) in [7, 11) is -0.846. The van der Waals surface area contributed by atoms with E-state index in [2.05, 4.69) is 9.97 Å². The van der Waals surface area contributed by atoms with Gasteiger partial charge in [-0.25, -0.2) is 18.4 Å². The topological polar surface area (TPSA) is 78.4 Å². The summed E-state index contributed by atoms with van der Waals surface area (Å²) in [5, 5.41) is 2.12. The van der Waals surface area contributed by atoms with Crippen molar-refractivity contribution in [3.8, 4) is 11.5 Å². The highest BCUT2D eigenvalue weighted by Gasteiger charge is 2.24. The molecule has 136 valence electrons. The van der Waals surface area contributed by atoms with Gasteiger partial charge >= 0.3 is 0 Å². The molecule has 1 aromatic heterocycles. The van der Waals surface area contributed by atoms with Crippen molar-refractivity contribution < 1.29 is 17.9 Å². The van der Waals surface area contributed by atoms with Crippen molar-refractivity contribution in [2.75, 3.05) is 14.2 Å². The van der Waals surface area contributed by atoms with Gasteiger partial charge in [-0.05, 0) is 29.0 Å². The molecule has 1 heterocycles. The lowest BCUT2D eigenvalue weighted by atomic mass is 10.1. The molecule has 7 heteroatoms. The molecule has 0 atom stereocenters. The zero-order chi connectivity index (χ0) is 19.0. The average Bonchev–Trinajstić information content (AvgIpc) is 2.71. The van der Waals surface area contributed by atoms with E-state index in [9.17, 15) is 8.42 Å². The Morgan fingerprint density at radius 3 is 2.26 bits per heavy atom. The van der Waals surface area contributed by atoms with E-state index < -0.39 is 9.84 Å². The van der Waals surface area contributed by atoms with E-state index in [1.165, 1.54) is 20.5 Å². The summed E-state index contributed by atoms with van der Waals surface area (Å²) >= 11 is 0. The summed E-state index contributed by atoms with van der Waals surface area (Å²) in [6.07, 6.45) is 1.24. The van der Waals surface area contributed by atoms with Gasteiger partial charge in [0.2, 0.25) is 9.84 Å². The van der Waals surface area contributed by atoms with Gasteiger partial charge in [-0.1, -0.05) is 30.3 Å². The van der Waals surface area contributed by atoms with Gasteiger partial charge in [-0.15, -0.1) is 0 Å². The van der Waals surface area contributed by atoms with Crippen LogP contribution in [0.15, 0.2) is 70.8 Å². The lowest BCUT2D eigenvalue weighted by molar-refractivity contribution is 0.355. The number of rotatable bonds is 4. The number of nitrogens with zero attached hydrogens (tertiary/aromatic N) is 2. The highest BCUT2D eigenvalue weighted by molar-refractivity contribution is 7.91. The molecule has 0 aliphatic carbocycles. The number of aromatic nitrogens is 2. The lowest BCUT2D eigenvalue weighted by Crippen LogP contribution is -2.06. The fourth-order valence-corrected chi connectivity index (χ4v) is 4.41. The normalized spacial score (nSPS) is 11.6. The summed E-state index contributed by atoms with van der Waals surface area (Å²) < 4.78 is 37.1. The smallest absolute Gasteiger partial charge is 0.224 e. The van der Waals surface area contributed by atoms with Gasteiger partial charge < -0.3 is 9.47 Å². The van der Waals surface area contributed by atoms with Crippen LogP contribution in [0.5, 0.6) is 11.5 Å². The number of ether oxygens (including phenoxy) is 2. The van der Waals surface area contributed by atoms with Crippen molar-refractivity contribution >= 4 is 31.5 Å². The quantitative estimate of drug-likeness (QED) is 0.503. The highest BCUT2D eigenvalue weighted by Crippen LogP contribution is 2.35. The molecule has 6 nitrogen and oxygen atoms in total. The van der Waals surface area contributed by atoms with Gasteiger partial charge in [-0.2, -0.15) is 0 Å². The van der Waals surface area contributed by atoms with Crippen LogP contribution in [0, 0.1) is 0 Å². The van der Waals surface area contributed by atoms with Crippen LogP contribution in [0.3, 0.4) is 0 Å². The molecule has 0 fully saturated rings. The number of hydrogen-bond donors (Lipinski definition) is 0. The van der Waals surface area contributed by atoms with Crippen LogP contribution in [0.2, 0.25) is 0 Å². The molecule has 0 aliphatic rings. The first-order chi connectivity index (χ1) is 13.0. The summed E-state index contributed by atoms with van der Waals surface area (Å²) in [5.74, 6) is 0.882. The number of hydrogen-bond acceptors (Lipinski definition) is 6. The summed E-state index contributed by atoms with van der Waals surface area (Å²) in [6.45, 7) is 0. The Morgan fingerprint density at radius 2 is 1.52 bits per heavy atom. The largest absolute Gasteiger partial charge is 0.493 e. The molecule has 0 saturated carbocycles. The van der Waals surface area contributed by atoms with Crippen molar-refractivity contribution in [1.29, 1.82) is 0 Å². The molecule has 0 spiro atoms. The molecular weight excluding hydrogens is 364 g/mol. The Kier molecular flexibility index (Phi) is 4.16. The highest BCUT2D eigenvalue weighted by atomic mass is 32.2. The Bertz CT molecular complexity index is 1270. The van der Waals surface area contributed by atoms with E-state index in [1.54, 1.807) is 30.3 Å². The summed E-state index contributed by atoms with van der Waals surface area (Å²) in [6, 6.07) is 15.8. The predicted molar refractivity (Wildman–Crippen MR) is 102 cm³/mol. The second-order valence-electron chi connectivity index (χ2n) is 5.92. The summed E-state index contributed by atoms with van der Waals surface area (Å²) in [5.41, 5.74) is 0.460. The van der Waals surface area contributed by atoms with Gasteiger partial charge in [0.15, 0.2) is 16.5 Å². The number of fused-ring (bicyclic) bond motifs is 2. The Morgan fingerprint density at radius 1 is 0.815 bits per heavy atom. The van der Waals surface area contributed by atoms with Crippen LogP contribution in [-0.2, 0) is 9.84 Å². The van der Waals surface area contributed by atoms with Crippen LogP contribution in [0.25, 0.3) is 21.7 Å². The minimum atomic E-state index is -3.85. The van der Waals surface area contributed by atoms with E-state index in [0.717, 1.165) is 10.8 Å². The Hall–Kier alpha value is -3.19. The molecule has 4 aromatic rings. The van der Waals surface area contributed by atoms with Gasteiger partial charge in [0, 0.05) is 11.5 Å². The zero-order valence-electron chi connectivity index (χ0n) is 14.7. The molecule has 0 aliphatic heterocycles. The average molecular weight is 380 g/mol. The molecular formula is C20H16N2O4S. The Balaban J connectivity index is 1.96. The number of benzene rings is 3. The van der Waals surface area contributed by atoms with Crippen molar-refractivity contribution in [2.45, 2.75) is 9.92 Å². The lowest BCUT2D eigenvalue weighted by Gasteiger charge is -2.11. The van der Waals surface area contributed by atoms with Crippen molar-refractivity contribution in [3.05, 3.63) is 60.9 Å². The molecule has 0 radical (unpaired) electrons. The maximum Gasteiger partial charge on any atom is 0.224 e. The van der Waals surface area contributed by atoms with Gasteiger partial charge in [-0.3, -0.25) is 0 Å². The molecule has 0 N–H and O–H groups in total. The van der Waals surface area contributed by atoms with Gasteiger partial charge in [0.25, 0.3) is 0 Å². The maximum absolute atomic E-state index is 13.3. The fraction of sp³-hybridized carbons (Fsp3) is 0.100. The second kappa shape index (κ2) is 6.51. The first-order valence-electron chi connectivity index (χ1n) is 8.15. The van der Waals surface area contributed by atoms with E-state index in [1.807, 2.05) is 24.3 Å². The van der Waals surface area contributed by atoms with Crippen molar-refractivity contribution in [3.63, 3.8) is 0 Å². The minimum absolute atomic E-state index is 0.0660. The Labute approximate surface area is 156 Å². The second-order valence-corrected chi connectivity index (χ2v) is 7.78. The van der Waals surface area contributed by atoms with Gasteiger partial charge in [0.1, 0.15) is 6.33 Å². The van der Waals surface area contributed by atoms with Crippen LogP contribution < -0.4 is 9.47 Å².